The number of cyclic esters (lactones) is 1. The van der Waals surface area contributed by atoms with E-state index in [1.54, 1.807) is 6.08 Å². The van der Waals surface area contributed by atoms with Crippen molar-refractivity contribution in [1.29, 1.82) is 0 Å². The standard InChI is InChI=1S/C18H26ClNO7/c1-10-11(2)18(24,9-19)16(22)27-13-5-7-20(25)6-4-12(14(13)20)8-26-15(21)17(10,3)23/h4,10-11,13-14,23-24H,5-9H2,1-3H3/t10?,11-,13-,14-,17-,18-,20?/m1/s1. The molecule has 8 nitrogen and oxygen atoms in total. The van der Waals surface area contributed by atoms with Crippen molar-refractivity contribution in [2.45, 2.75) is 50.5 Å². The molecule has 152 valence electrons. The van der Waals surface area contributed by atoms with E-state index in [1.165, 1.54) is 20.8 Å². The highest BCUT2D eigenvalue weighted by Gasteiger charge is 2.56. The van der Waals surface area contributed by atoms with Crippen molar-refractivity contribution in [3.05, 3.63) is 16.9 Å². The van der Waals surface area contributed by atoms with E-state index >= 15 is 0 Å². The zero-order valence-electron chi connectivity index (χ0n) is 15.7. The molecule has 0 spiro atoms. The molecule has 0 aromatic carbocycles. The third-order valence-corrected chi connectivity index (χ3v) is 7.09. The Labute approximate surface area is 162 Å². The second kappa shape index (κ2) is 6.70. The number of esters is 2. The predicted molar refractivity (Wildman–Crippen MR) is 95.3 cm³/mol. The van der Waals surface area contributed by atoms with Crippen LogP contribution in [0.3, 0.4) is 0 Å². The zero-order chi connectivity index (χ0) is 20.2. The van der Waals surface area contributed by atoms with Crippen LogP contribution in [0.1, 0.15) is 27.2 Å². The number of hydrogen-bond donors (Lipinski definition) is 2. The van der Waals surface area contributed by atoms with Crippen molar-refractivity contribution >= 4 is 23.5 Å². The number of rotatable bonds is 1. The molecule has 3 heterocycles. The normalized spacial score (nSPS) is 48.0. The third kappa shape index (κ3) is 3.07. The van der Waals surface area contributed by atoms with Crippen molar-refractivity contribution in [2.24, 2.45) is 11.8 Å². The molecule has 3 aliphatic heterocycles. The summed E-state index contributed by atoms with van der Waals surface area (Å²) in [6.45, 7) is 4.66. The van der Waals surface area contributed by atoms with E-state index < -0.39 is 57.6 Å². The van der Waals surface area contributed by atoms with Crippen LogP contribution in [0.4, 0.5) is 0 Å². The molecule has 0 saturated carbocycles. The molecule has 0 amide bonds. The van der Waals surface area contributed by atoms with Gasteiger partial charge in [0.2, 0.25) is 0 Å². The SMILES string of the molecule is CC1[C@@H](C)[C@](O)(CCl)C(=O)O[C@@H]2CC[N+]3([O-])CC=C(COC(=O)[C@]1(C)O)[C@H]23. The molecule has 2 unspecified atom stereocenters. The summed E-state index contributed by atoms with van der Waals surface area (Å²) in [5, 5.41) is 34.6. The summed E-state index contributed by atoms with van der Waals surface area (Å²) in [6, 6.07) is -0.682. The van der Waals surface area contributed by atoms with E-state index in [2.05, 4.69) is 0 Å². The molecule has 2 fully saturated rings. The summed E-state index contributed by atoms with van der Waals surface area (Å²) < 4.78 is 10.3. The number of nitrogens with zero attached hydrogens (tertiary/aromatic N) is 1. The van der Waals surface area contributed by atoms with E-state index in [0.29, 0.717) is 12.0 Å². The highest BCUT2D eigenvalue weighted by atomic mass is 35.5. The lowest BCUT2D eigenvalue weighted by molar-refractivity contribution is -0.877. The number of alkyl halides is 1. The Morgan fingerprint density at radius 3 is 2.59 bits per heavy atom. The Bertz CT molecular complexity index is 681. The Hall–Kier alpha value is -1.19. The second-order valence-corrected chi connectivity index (χ2v) is 8.44. The first kappa shape index (κ1) is 20.5. The highest BCUT2D eigenvalue weighted by Crippen LogP contribution is 2.41. The Balaban J connectivity index is 2.02. The summed E-state index contributed by atoms with van der Waals surface area (Å²) in [5.41, 5.74) is -3.51. The van der Waals surface area contributed by atoms with Gasteiger partial charge < -0.3 is 29.5 Å². The van der Waals surface area contributed by atoms with Gasteiger partial charge in [-0.2, -0.15) is 0 Å². The van der Waals surface area contributed by atoms with Gasteiger partial charge in [0.25, 0.3) is 0 Å². The first-order valence-corrected chi connectivity index (χ1v) is 9.66. The molecule has 0 aromatic rings. The van der Waals surface area contributed by atoms with Crippen LogP contribution in [0.25, 0.3) is 0 Å². The summed E-state index contributed by atoms with van der Waals surface area (Å²) in [6.07, 6.45) is 1.33. The van der Waals surface area contributed by atoms with Crippen LogP contribution in [-0.4, -0.2) is 75.7 Å². The number of hydroxylamine groups is 3. The molecule has 0 aromatic heterocycles. The molecule has 9 heteroatoms. The topological polar surface area (TPSA) is 116 Å². The number of carbonyl (C=O) groups excluding carboxylic acids is 2. The number of quaternary nitrogens is 1. The maximum atomic E-state index is 13.0. The largest absolute Gasteiger partial charge is 0.632 e. The number of ether oxygens (including phenoxy) is 2. The summed E-state index contributed by atoms with van der Waals surface area (Å²) >= 11 is 5.91. The van der Waals surface area contributed by atoms with Crippen LogP contribution in [0.5, 0.6) is 0 Å². The first-order valence-electron chi connectivity index (χ1n) is 9.13. The van der Waals surface area contributed by atoms with Crippen LogP contribution >= 0.6 is 11.6 Å². The van der Waals surface area contributed by atoms with Crippen LogP contribution in [0.15, 0.2) is 11.6 Å². The third-order valence-electron chi connectivity index (χ3n) is 6.68. The Morgan fingerprint density at radius 1 is 1.30 bits per heavy atom. The van der Waals surface area contributed by atoms with Gasteiger partial charge in [-0.15, -0.1) is 11.6 Å². The van der Waals surface area contributed by atoms with E-state index in [9.17, 15) is 25.0 Å². The van der Waals surface area contributed by atoms with Gasteiger partial charge in [-0.25, -0.2) is 9.59 Å². The van der Waals surface area contributed by atoms with Crippen LogP contribution in [0.2, 0.25) is 0 Å². The number of carbonyl (C=O) groups is 2. The van der Waals surface area contributed by atoms with Crippen molar-refractivity contribution in [1.82, 2.24) is 0 Å². The van der Waals surface area contributed by atoms with Gasteiger partial charge in [-0.05, 0) is 13.0 Å². The maximum Gasteiger partial charge on any atom is 0.340 e. The van der Waals surface area contributed by atoms with Crippen LogP contribution < -0.4 is 0 Å². The molecule has 27 heavy (non-hydrogen) atoms. The van der Waals surface area contributed by atoms with E-state index in [1.807, 2.05) is 0 Å². The minimum Gasteiger partial charge on any atom is -0.632 e. The van der Waals surface area contributed by atoms with Crippen LogP contribution in [0, 0.1) is 17.0 Å². The van der Waals surface area contributed by atoms with Gasteiger partial charge >= 0.3 is 11.9 Å². The lowest BCUT2D eigenvalue weighted by Gasteiger charge is -2.42. The number of aliphatic hydroxyl groups is 2. The molecule has 2 N–H and O–H groups in total. The van der Waals surface area contributed by atoms with E-state index in [-0.39, 0.29) is 19.7 Å². The molecular weight excluding hydrogens is 378 g/mol. The molecule has 0 radical (unpaired) electrons. The molecular formula is C18H26ClNO7. The molecule has 2 saturated heterocycles. The minimum absolute atomic E-state index is 0.142. The van der Waals surface area contributed by atoms with E-state index in [4.69, 9.17) is 21.1 Å². The van der Waals surface area contributed by atoms with Gasteiger partial charge in [0.05, 0.1) is 19.0 Å². The summed E-state index contributed by atoms with van der Waals surface area (Å²) in [7, 11) is 0. The predicted octanol–water partition coefficient (Wildman–Crippen LogP) is 0.475. The van der Waals surface area contributed by atoms with Crippen molar-refractivity contribution in [3.63, 3.8) is 0 Å². The zero-order valence-corrected chi connectivity index (χ0v) is 16.4. The smallest absolute Gasteiger partial charge is 0.340 e. The molecule has 7 atom stereocenters. The van der Waals surface area contributed by atoms with E-state index in [0.717, 1.165) is 0 Å². The second-order valence-electron chi connectivity index (χ2n) is 8.17. The average molecular weight is 404 g/mol. The van der Waals surface area contributed by atoms with Gasteiger partial charge in [0.1, 0.15) is 6.61 Å². The fraction of sp³-hybridized carbons (Fsp3) is 0.778. The van der Waals surface area contributed by atoms with Gasteiger partial charge in [-0.1, -0.05) is 13.8 Å². The maximum absolute atomic E-state index is 13.0. The molecule has 0 aliphatic carbocycles. The highest BCUT2D eigenvalue weighted by molar-refractivity contribution is 6.20. The van der Waals surface area contributed by atoms with Crippen molar-refractivity contribution in [3.8, 4) is 0 Å². The van der Waals surface area contributed by atoms with Crippen LogP contribution in [-0.2, 0) is 19.1 Å². The minimum atomic E-state index is -2.12. The average Bonchev–Trinajstić information content (AvgIpc) is 3.12. The number of hydrogen-bond acceptors (Lipinski definition) is 7. The molecule has 3 aliphatic rings. The Morgan fingerprint density at radius 2 is 1.96 bits per heavy atom. The fourth-order valence-electron chi connectivity index (χ4n) is 4.33. The monoisotopic (exact) mass is 403 g/mol. The lowest BCUT2D eigenvalue weighted by Crippen LogP contribution is -2.58. The van der Waals surface area contributed by atoms with Crippen molar-refractivity contribution in [2.75, 3.05) is 25.6 Å². The first-order chi connectivity index (χ1) is 12.5. The Kier molecular flexibility index (Phi) is 5.10. The van der Waals surface area contributed by atoms with Gasteiger partial charge in [0.15, 0.2) is 23.3 Å². The van der Waals surface area contributed by atoms with Gasteiger partial charge in [0, 0.05) is 23.8 Å². The van der Waals surface area contributed by atoms with Crippen molar-refractivity contribution < 1.29 is 33.9 Å². The van der Waals surface area contributed by atoms with Gasteiger partial charge in [-0.3, -0.25) is 0 Å². The number of halogens is 1. The quantitative estimate of drug-likeness (QED) is 0.215. The summed E-state index contributed by atoms with van der Waals surface area (Å²) in [4.78, 5) is 25.4. The lowest BCUT2D eigenvalue weighted by atomic mass is 9.73. The summed E-state index contributed by atoms with van der Waals surface area (Å²) in [5.74, 6) is -4.05. The fourth-order valence-corrected chi connectivity index (χ4v) is 4.69. The molecule has 3 rings (SSSR count). The molecule has 0 bridgehead atoms.